The Morgan fingerprint density at radius 1 is 1.21 bits per heavy atom. The Kier molecular flexibility index (Phi) is 6.26. The highest BCUT2D eigenvalue weighted by Gasteiger charge is 2.42. The van der Waals surface area contributed by atoms with Gasteiger partial charge >= 0.3 is 0 Å². The van der Waals surface area contributed by atoms with Crippen LogP contribution in [-0.2, 0) is 4.79 Å². The number of amides is 2. The number of hydrogen-bond acceptors (Lipinski definition) is 5. The number of nitrogens with zero attached hydrogens (tertiary/aromatic N) is 1. The van der Waals surface area contributed by atoms with Crippen molar-refractivity contribution in [2.24, 2.45) is 17.6 Å². The summed E-state index contributed by atoms with van der Waals surface area (Å²) in [5.41, 5.74) is 6.70. The van der Waals surface area contributed by atoms with E-state index < -0.39 is 0 Å². The fraction of sp³-hybridized carbons (Fsp3) is 0.400. The highest BCUT2D eigenvalue weighted by Crippen LogP contribution is 2.37. The number of carbonyl (C=O) groups excluding carboxylic acids is 2. The first-order chi connectivity index (χ1) is 13.1. The predicted molar refractivity (Wildman–Crippen MR) is 107 cm³/mol. The number of likely N-dealkylation sites (tertiary alicyclic amines) is 1. The molecule has 2 aliphatic rings. The number of anilines is 1. The number of nitrogens with one attached hydrogen (secondary N) is 1. The predicted octanol–water partition coefficient (Wildman–Crippen LogP) is 2.53. The number of furan rings is 1. The van der Waals surface area contributed by atoms with Crippen LogP contribution in [0.15, 0.2) is 47.1 Å². The Balaban J connectivity index is 0.00000225. The van der Waals surface area contributed by atoms with Gasteiger partial charge in [-0.05, 0) is 48.9 Å². The Morgan fingerprint density at radius 3 is 2.82 bits per heavy atom. The molecule has 1 aliphatic heterocycles. The molecule has 1 saturated heterocycles. The van der Waals surface area contributed by atoms with Crippen molar-refractivity contribution in [2.45, 2.75) is 18.9 Å². The molecule has 1 aromatic heterocycles. The molecule has 7 nitrogen and oxygen atoms in total. The van der Waals surface area contributed by atoms with E-state index in [1.54, 1.807) is 36.4 Å². The highest BCUT2D eigenvalue weighted by atomic mass is 35.5. The average Bonchev–Trinajstić information content (AvgIpc) is 3.39. The van der Waals surface area contributed by atoms with Crippen molar-refractivity contribution < 1.29 is 18.7 Å². The molecule has 3 atom stereocenters. The molecule has 28 heavy (non-hydrogen) atoms. The van der Waals surface area contributed by atoms with Crippen molar-refractivity contribution in [1.82, 2.24) is 4.90 Å². The third-order valence-electron chi connectivity index (χ3n) is 5.46. The third-order valence-corrected chi connectivity index (χ3v) is 5.46. The van der Waals surface area contributed by atoms with Crippen molar-refractivity contribution in [3.63, 3.8) is 0 Å². The summed E-state index contributed by atoms with van der Waals surface area (Å²) in [5, 5.41) is 2.74. The quantitative estimate of drug-likeness (QED) is 0.796. The third kappa shape index (κ3) is 4.31. The molecule has 1 saturated carbocycles. The second-order valence-electron chi connectivity index (χ2n) is 7.21. The molecule has 3 N–H and O–H groups in total. The first-order valence-corrected chi connectivity index (χ1v) is 9.21. The van der Waals surface area contributed by atoms with E-state index in [0.717, 1.165) is 25.9 Å². The van der Waals surface area contributed by atoms with E-state index in [0.29, 0.717) is 23.3 Å². The van der Waals surface area contributed by atoms with Gasteiger partial charge in [0, 0.05) is 30.9 Å². The number of ether oxygens (including phenoxy) is 1. The molecule has 1 aromatic carbocycles. The molecule has 2 heterocycles. The summed E-state index contributed by atoms with van der Waals surface area (Å²) >= 11 is 0. The molecule has 8 heteroatoms. The van der Waals surface area contributed by atoms with Gasteiger partial charge in [0.05, 0.1) is 6.26 Å². The lowest BCUT2D eigenvalue weighted by Gasteiger charge is -2.19. The number of nitrogens with two attached hydrogens (primary N) is 1. The molecular weight excluding hydrogens is 382 g/mol. The van der Waals surface area contributed by atoms with Crippen molar-refractivity contribution in [3.8, 4) is 5.75 Å². The molecule has 2 aromatic rings. The van der Waals surface area contributed by atoms with Crippen LogP contribution in [0.25, 0.3) is 0 Å². The second-order valence-corrected chi connectivity index (χ2v) is 7.21. The van der Waals surface area contributed by atoms with Crippen LogP contribution in [0.1, 0.15) is 23.4 Å². The van der Waals surface area contributed by atoms with Crippen LogP contribution in [0, 0.1) is 11.8 Å². The van der Waals surface area contributed by atoms with Crippen LogP contribution in [-0.4, -0.2) is 42.5 Å². The minimum atomic E-state index is -0.340. The first-order valence-electron chi connectivity index (χ1n) is 9.21. The zero-order chi connectivity index (χ0) is 18.8. The summed E-state index contributed by atoms with van der Waals surface area (Å²) < 4.78 is 10.7. The van der Waals surface area contributed by atoms with Crippen molar-refractivity contribution in [1.29, 1.82) is 0 Å². The number of rotatable bonds is 5. The molecule has 2 fully saturated rings. The van der Waals surface area contributed by atoms with Crippen LogP contribution in [0.3, 0.4) is 0 Å². The highest BCUT2D eigenvalue weighted by molar-refractivity contribution is 6.02. The van der Waals surface area contributed by atoms with Gasteiger partial charge in [-0.1, -0.05) is 6.07 Å². The smallest absolute Gasteiger partial charge is 0.291 e. The van der Waals surface area contributed by atoms with Gasteiger partial charge in [-0.25, -0.2) is 0 Å². The van der Waals surface area contributed by atoms with Crippen LogP contribution in [0.5, 0.6) is 5.75 Å². The van der Waals surface area contributed by atoms with E-state index in [1.165, 1.54) is 6.26 Å². The minimum absolute atomic E-state index is 0. The largest absolute Gasteiger partial charge is 0.484 e. The molecule has 0 spiro atoms. The number of carbonyl (C=O) groups is 2. The van der Waals surface area contributed by atoms with E-state index in [1.807, 2.05) is 4.90 Å². The maximum Gasteiger partial charge on any atom is 0.291 e. The molecule has 3 unspecified atom stereocenters. The van der Waals surface area contributed by atoms with Crippen molar-refractivity contribution in [2.75, 3.05) is 25.0 Å². The molecule has 0 radical (unpaired) electrons. The Hall–Kier alpha value is -2.51. The average molecular weight is 406 g/mol. The van der Waals surface area contributed by atoms with Gasteiger partial charge in [0.15, 0.2) is 12.4 Å². The van der Waals surface area contributed by atoms with E-state index in [2.05, 4.69) is 5.32 Å². The van der Waals surface area contributed by atoms with Gasteiger partial charge in [0.25, 0.3) is 11.8 Å². The van der Waals surface area contributed by atoms with E-state index in [9.17, 15) is 9.59 Å². The molecule has 2 amide bonds. The molecule has 0 bridgehead atoms. The van der Waals surface area contributed by atoms with Gasteiger partial charge < -0.3 is 25.1 Å². The lowest BCUT2D eigenvalue weighted by atomic mass is 9.98. The monoisotopic (exact) mass is 405 g/mol. The summed E-state index contributed by atoms with van der Waals surface area (Å²) in [6, 6.07) is 10.4. The maximum atomic E-state index is 12.5. The Labute approximate surface area is 169 Å². The Bertz CT molecular complexity index is 827. The van der Waals surface area contributed by atoms with E-state index in [-0.39, 0.29) is 42.6 Å². The maximum absolute atomic E-state index is 12.5. The second kappa shape index (κ2) is 8.67. The van der Waals surface area contributed by atoms with Gasteiger partial charge in [-0.15, -0.1) is 12.4 Å². The molecule has 150 valence electrons. The number of hydrogen-bond donors (Lipinski definition) is 2. The SMILES string of the molecule is Cl.NC1CCC2CN(C(=O)COc3cccc(NC(=O)c4ccco4)c3)CC12. The number of fused-ring (bicyclic) bond motifs is 1. The molecular formula is C20H24ClN3O4. The van der Waals surface area contributed by atoms with Crippen LogP contribution >= 0.6 is 12.4 Å². The van der Waals surface area contributed by atoms with Crippen molar-refractivity contribution in [3.05, 3.63) is 48.4 Å². The summed E-state index contributed by atoms with van der Waals surface area (Å²) in [5.74, 6) is 1.35. The molecule has 4 rings (SSSR count). The lowest BCUT2D eigenvalue weighted by molar-refractivity contribution is -0.132. The van der Waals surface area contributed by atoms with Crippen LogP contribution in [0.2, 0.25) is 0 Å². The van der Waals surface area contributed by atoms with E-state index in [4.69, 9.17) is 14.9 Å². The number of halogens is 1. The van der Waals surface area contributed by atoms with Gasteiger partial charge in [-0.2, -0.15) is 0 Å². The Morgan fingerprint density at radius 2 is 2.07 bits per heavy atom. The topological polar surface area (TPSA) is 97.8 Å². The van der Waals surface area contributed by atoms with E-state index >= 15 is 0 Å². The number of benzene rings is 1. The fourth-order valence-corrected chi connectivity index (χ4v) is 4.01. The minimum Gasteiger partial charge on any atom is -0.484 e. The van der Waals surface area contributed by atoms with Crippen molar-refractivity contribution >= 4 is 29.9 Å². The van der Waals surface area contributed by atoms with Gasteiger partial charge in [0.2, 0.25) is 0 Å². The standard InChI is InChI=1S/C20H23N3O4.ClH/c21-17-7-6-13-10-23(11-16(13)17)19(24)12-27-15-4-1-3-14(9-15)22-20(25)18-5-2-8-26-18;/h1-5,8-9,13,16-17H,6-7,10-12,21H2,(H,22,25);1H. The zero-order valence-electron chi connectivity index (χ0n) is 15.4. The summed E-state index contributed by atoms with van der Waals surface area (Å²) in [4.78, 5) is 26.3. The summed E-state index contributed by atoms with van der Waals surface area (Å²) in [7, 11) is 0. The first kappa shape index (κ1) is 20.2. The van der Waals surface area contributed by atoms with Crippen LogP contribution < -0.4 is 15.8 Å². The lowest BCUT2D eigenvalue weighted by Crippen LogP contribution is -2.36. The van der Waals surface area contributed by atoms with Gasteiger partial charge in [-0.3, -0.25) is 9.59 Å². The summed E-state index contributed by atoms with van der Waals surface area (Å²) in [6.07, 6.45) is 3.61. The normalized spacial score (nSPS) is 23.0. The summed E-state index contributed by atoms with van der Waals surface area (Å²) in [6.45, 7) is 1.48. The van der Waals surface area contributed by atoms with Crippen LogP contribution in [0.4, 0.5) is 5.69 Å². The molecule has 1 aliphatic carbocycles. The van der Waals surface area contributed by atoms with Gasteiger partial charge in [0.1, 0.15) is 5.75 Å². The fourth-order valence-electron chi connectivity index (χ4n) is 4.01. The zero-order valence-corrected chi connectivity index (χ0v) is 16.2.